The Bertz CT molecular complexity index is 954. The molecule has 1 N–H and O–H groups in total. The maximum atomic E-state index is 11.6. The van der Waals surface area contributed by atoms with E-state index < -0.39 is 5.97 Å². The lowest BCUT2D eigenvalue weighted by Gasteiger charge is -2.11. The van der Waals surface area contributed by atoms with Crippen LogP contribution in [0.2, 0.25) is 15.1 Å². The molecule has 3 nitrogen and oxygen atoms in total. The highest BCUT2D eigenvalue weighted by molar-refractivity contribution is 6.49. The molecule has 0 amide bonds. The number of para-hydroxylation sites is 1. The van der Waals surface area contributed by atoms with E-state index in [4.69, 9.17) is 34.8 Å². The summed E-state index contributed by atoms with van der Waals surface area (Å²) in [7, 11) is 0. The van der Waals surface area contributed by atoms with Gasteiger partial charge in [-0.25, -0.2) is 9.78 Å². The highest BCUT2D eigenvalue weighted by atomic mass is 35.5. The van der Waals surface area contributed by atoms with Gasteiger partial charge in [0, 0.05) is 10.9 Å². The summed E-state index contributed by atoms with van der Waals surface area (Å²) in [5.74, 6) is -1.03. The van der Waals surface area contributed by atoms with Gasteiger partial charge < -0.3 is 5.11 Å². The molecule has 0 radical (unpaired) electrons. The third-order valence-electron chi connectivity index (χ3n) is 3.58. The summed E-state index contributed by atoms with van der Waals surface area (Å²) in [5.41, 5.74) is 2.63. The number of halogens is 3. The molecule has 3 aromatic rings. The van der Waals surface area contributed by atoms with Gasteiger partial charge in [0.1, 0.15) is 0 Å². The van der Waals surface area contributed by atoms with Crippen molar-refractivity contribution < 1.29 is 9.90 Å². The molecular weight excluding hydrogens is 357 g/mol. The first-order chi connectivity index (χ1) is 10.9. The fraction of sp³-hybridized carbons (Fsp3) is 0.0588. The van der Waals surface area contributed by atoms with Gasteiger partial charge in [0.2, 0.25) is 0 Å². The van der Waals surface area contributed by atoms with Gasteiger partial charge in [-0.15, -0.1) is 0 Å². The van der Waals surface area contributed by atoms with Crippen LogP contribution in [0, 0.1) is 6.92 Å². The zero-order valence-corrected chi connectivity index (χ0v) is 14.2. The zero-order chi connectivity index (χ0) is 16.7. The molecule has 116 valence electrons. The molecule has 0 unspecified atom stereocenters. The molecule has 0 bridgehead atoms. The number of nitrogens with zero attached hydrogens (tertiary/aromatic N) is 1. The van der Waals surface area contributed by atoms with E-state index >= 15 is 0 Å². The summed E-state index contributed by atoms with van der Waals surface area (Å²) in [6, 6.07) is 10.2. The first-order valence-electron chi connectivity index (χ1n) is 6.67. The number of aromatic nitrogens is 1. The Hall–Kier alpha value is -1.81. The van der Waals surface area contributed by atoms with E-state index in [1.54, 1.807) is 24.3 Å². The zero-order valence-electron chi connectivity index (χ0n) is 11.9. The van der Waals surface area contributed by atoms with Gasteiger partial charge in [0.25, 0.3) is 0 Å². The Morgan fingerprint density at radius 2 is 1.83 bits per heavy atom. The first kappa shape index (κ1) is 16.1. The van der Waals surface area contributed by atoms with Gasteiger partial charge >= 0.3 is 5.97 Å². The lowest BCUT2D eigenvalue weighted by atomic mass is 10.0. The van der Waals surface area contributed by atoms with Crippen LogP contribution < -0.4 is 0 Å². The van der Waals surface area contributed by atoms with Crippen molar-refractivity contribution in [2.45, 2.75) is 6.92 Å². The Kier molecular flexibility index (Phi) is 4.19. The minimum absolute atomic E-state index is 0.163. The number of hydrogen-bond acceptors (Lipinski definition) is 2. The van der Waals surface area contributed by atoms with Gasteiger partial charge in [0.05, 0.1) is 31.8 Å². The molecule has 0 aliphatic heterocycles. The summed E-state index contributed by atoms with van der Waals surface area (Å²) in [5, 5.41) is 10.9. The van der Waals surface area contributed by atoms with Crippen LogP contribution in [-0.4, -0.2) is 16.1 Å². The Morgan fingerprint density at radius 1 is 1.09 bits per heavy atom. The number of carboxylic acid groups (broad SMARTS) is 1. The van der Waals surface area contributed by atoms with Crippen molar-refractivity contribution in [2.75, 3.05) is 0 Å². The predicted octanol–water partition coefficient (Wildman–Crippen LogP) is 5.87. The Morgan fingerprint density at radius 3 is 2.52 bits per heavy atom. The molecule has 0 spiro atoms. The van der Waals surface area contributed by atoms with Gasteiger partial charge in [-0.1, -0.05) is 53.0 Å². The average molecular weight is 367 g/mol. The molecule has 0 saturated heterocycles. The monoisotopic (exact) mass is 365 g/mol. The van der Waals surface area contributed by atoms with Crippen molar-refractivity contribution in [2.24, 2.45) is 0 Å². The average Bonchev–Trinajstić information content (AvgIpc) is 2.52. The number of rotatable bonds is 2. The number of aryl methyl sites for hydroxylation is 1. The smallest absolute Gasteiger partial charge is 0.336 e. The van der Waals surface area contributed by atoms with Crippen molar-refractivity contribution in [1.82, 2.24) is 4.98 Å². The van der Waals surface area contributed by atoms with Crippen LogP contribution in [0.4, 0.5) is 0 Å². The first-order valence-corrected chi connectivity index (χ1v) is 7.81. The predicted molar refractivity (Wildman–Crippen MR) is 93.9 cm³/mol. The summed E-state index contributed by atoms with van der Waals surface area (Å²) < 4.78 is 0. The minimum atomic E-state index is -1.03. The number of pyridine rings is 1. The lowest BCUT2D eigenvalue weighted by Crippen LogP contribution is -2.01. The Balaban J connectivity index is 2.38. The van der Waals surface area contributed by atoms with Gasteiger partial charge in [-0.05, 0) is 30.7 Å². The van der Waals surface area contributed by atoms with Crippen molar-refractivity contribution in [1.29, 1.82) is 0 Å². The van der Waals surface area contributed by atoms with E-state index in [1.807, 2.05) is 13.0 Å². The third-order valence-corrected chi connectivity index (χ3v) is 4.88. The summed E-state index contributed by atoms with van der Waals surface area (Å²) in [4.78, 5) is 16.2. The molecule has 0 atom stereocenters. The Labute approximate surface area is 147 Å². The van der Waals surface area contributed by atoms with Crippen LogP contribution in [0.25, 0.3) is 22.2 Å². The van der Waals surface area contributed by atoms with Crippen molar-refractivity contribution in [3.05, 3.63) is 62.6 Å². The summed E-state index contributed by atoms with van der Waals surface area (Å²) in [6.45, 7) is 1.88. The lowest BCUT2D eigenvalue weighted by molar-refractivity contribution is 0.0699. The van der Waals surface area contributed by atoms with E-state index in [2.05, 4.69) is 4.98 Å². The van der Waals surface area contributed by atoms with E-state index in [0.717, 1.165) is 5.56 Å². The molecule has 0 saturated carbocycles. The number of carbonyl (C=O) groups is 1. The van der Waals surface area contributed by atoms with E-state index in [0.29, 0.717) is 27.2 Å². The summed E-state index contributed by atoms with van der Waals surface area (Å²) in [6.07, 6.45) is 0. The second-order valence-corrected chi connectivity index (χ2v) is 6.22. The maximum Gasteiger partial charge on any atom is 0.336 e. The fourth-order valence-corrected chi connectivity index (χ4v) is 3.06. The fourth-order valence-electron chi connectivity index (χ4n) is 2.43. The number of benzene rings is 2. The number of hydrogen-bond donors (Lipinski definition) is 1. The highest BCUT2D eigenvalue weighted by Crippen LogP contribution is 2.38. The van der Waals surface area contributed by atoms with Crippen molar-refractivity contribution in [3.8, 4) is 11.3 Å². The largest absolute Gasteiger partial charge is 0.478 e. The van der Waals surface area contributed by atoms with Crippen LogP contribution in [0.5, 0.6) is 0 Å². The van der Waals surface area contributed by atoms with E-state index in [1.165, 1.54) is 6.07 Å². The normalized spacial score (nSPS) is 11.0. The van der Waals surface area contributed by atoms with Crippen LogP contribution in [-0.2, 0) is 0 Å². The standard InChI is InChI=1S/C17H10Cl3NO2/c1-8-3-2-4-9-11(17(22)23)7-13(21-16(8)9)10-5-6-12(18)15(20)14(10)19/h2-7H,1H3,(H,22,23). The molecule has 1 aromatic heterocycles. The minimum Gasteiger partial charge on any atom is -0.478 e. The molecular formula is C17H10Cl3NO2. The molecule has 1 heterocycles. The quantitative estimate of drug-likeness (QED) is 0.577. The number of carboxylic acids is 1. The van der Waals surface area contributed by atoms with Gasteiger partial charge in [0.15, 0.2) is 0 Å². The third kappa shape index (κ3) is 2.76. The maximum absolute atomic E-state index is 11.6. The molecule has 3 rings (SSSR count). The van der Waals surface area contributed by atoms with Crippen molar-refractivity contribution in [3.63, 3.8) is 0 Å². The van der Waals surface area contributed by atoms with Crippen LogP contribution in [0.1, 0.15) is 15.9 Å². The van der Waals surface area contributed by atoms with Crippen LogP contribution in [0.15, 0.2) is 36.4 Å². The second-order valence-electron chi connectivity index (χ2n) is 5.05. The SMILES string of the molecule is Cc1cccc2c(C(=O)O)cc(-c3ccc(Cl)c(Cl)c3Cl)nc12. The highest BCUT2D eigenvalue weighted by Gasteiger charge is 2.17. The summed E-state index contributed by atoms with van der Waals surface area (Å²) >= 11 is 18.3. The molecule has 0 aliphatic rings. The van der Waals surface area contributed by atoms with Crippen LogP contribution >= 0.6 is 34.8 Å². The molecule has 6 heteroatoms. The number of fused-ring (bicyclic) bond motifs is 1. The molecule has 0 fully saturated rings. The van der Waals surface area contributed by atoms with Gasteiger partial charge in [-0.3, -0.25) is 0 Å². The topological polar surface area (TPSA) is 50.2 Å². The molecule has 2 aromatic carbocycles. The van der Waals surface area contributed by atoms with E-state index in [-0.39, 0.29) is 15.6 Å². The molecule has 0 aliphatic carbocycles. The molecule has 23 heavy (non-hydrogen) atoms. The second kappa shape index (κ2) is 6.00. The van der Waals surface area contributed by atoms with Crippen LogP contribution in [0.3, 0.4) is 0 Å². The van der Waals surface area contributed by atoms with Crippen molar-refractivity contribution >= 4 is 51.7 Å². The van der Waals surface area contributed by atoms with E-state index in [9.17, 15) is 9.90 Å². The number of aromatic carboxylic acids is 1. The van der Waals surface area contributed by atoms with Gasteiger partial charge in [-0.2, -0.15) is 0 Å².